The maximum absolute atomic E-state index is 11.8. The van der Waals surface area contributed by atoms with Gasteiger partial charge in [0, 0.05) is 19.1 Å². The molecular weight excluding hydrogens is 236 g/mol. The third-order valence-electron chi connectivity index (χ3n) is 2.66. The minimum Gasteiger partial charge on any atom is -0.444 e. The Labute approximate surface area is 107 Å². The zero-order valence-electron chi connectivity index (χ0n) is 11.2. The van der Waals surface area contributed by atoms with Gasteiger partial charge >= 0.3 is 6.09 Å². The van der Waals surface area contributed by atoms with E-state index in [-0.39, 0.29) is 18.0 Å². The summed E-state index contributed by atoms with van der Waals surface area (Å²) in [6, 6.07) is 0.0309. The Hall–Kier alpha value is -1.30. The van der Waals surface area contributed by atoms with Crippen LogP contribution in [-0.2, 0) is 9.53 Å². The van der Waals surface area contributed by atoms with Crippen molar-refractivity contribution in [1.29, 1.82) is 0 Å². The molecule has 2 N–H and O–H groups in total. The zero-order chi connectivity index (χ0) is 13.8. The number of ether oxygens (including phenoxy) is 1. The molecule has 104 valence electrons. The summed E-state index contributed by atoms with van der Waals surface area (Å²) in [5, 5.41) is 11.3. The zero-order valence-corrected chi connectivity index (χ0v) is 11.2. The van der Waals surface area contributed by atoms with Crippen LogP contribution in [0.5, 0.6) is 0 Å². The summed E-state index contributed by atoms with van der Waals surface area (Å²) in [7, 11) is 0. The molecular formula is C12H22N2O4. The number of likely N-dealkylation sites (tertiary alicyclic amines) is 1. The maximum Gasteiger partial charge on any atom is 0.410 e. The molecule has 0 unspecified atom stereocenters. The predicted octanol–water partition coefficient (Wildman–Crippen LogP) is 0.494. The fourth-order valence-electron chi connectivity index (χ4n) is 1.81. The highest BCUT2D eigenvalue weighted by Gasteiger charge is 2.27. The van der Waals surface area contributed by atoms with Crippen LogP contribution in [0.15, 0.2) is 0 Å². The molecule has 1 aliphatic heterocycles. The molecule has 1 saturated heterocycles. The van der Waals surface area contributed by atoms with E-state index < -0.39 is 12.2 Å². The lowest BCUT2D eigenvalue weighted by atomic mass is 10.1. The van der Waals surface area contributed by atoms with E-state index in [0.717, 1.165) is 0 Å². The summed E-state index contributed by atoms with van der Waals surface area (Å²) in [5.74, 6) is -0.370. The number of nitrogens with zero attached hydrogens (tertiary/aromatic N) is 1. The van der Waals surface area contributed by atoms with E-state index in [0.29, 0.717) is 25.9 Å². The van der Waals surface area contributed by atoms with Crippen molar-refractivity contribution in [3.8, 4) is 0 Å². The lowest BCUT2D eigenvalue weighted by Crippen LogP contribution is -2.48. The molecule has 6 nitrogen and oxygen atoms in total. The third kappa shape index (κ3) is 4.91. The summed E-state index contributed by atoms with van der Waals surface area (Å²) in [5.41, 5.74) is -0.487. The van der Waals surface area contributed by atoms with Gasteiger partial charge in [0.15, 0.2) is 0 Å². The minimum atomic E-state index is -0.494. The SMILES string of the molecule is CC(C)(C)OC(=O)N1CCC(NC(=O)CO)CC1. The molecule has 0 saturated carbocycles. The Balaban J connectivity index is 2.35. The molecule has 1 heterocycles. The summed E-state index contributed by atoms with van der Waals surface area (Å²) < 4.78 is 5.27. The van der Waals surface area contributed by atoms with Crippen molar-refractivity contribution in [2.24, 2.45) is 0 Å². The van der Waals surface area contributed by atoms with Crippen LogP contribution in [0.3, 0.4) is 0 Å². The van der Waals surface area contributed by atoms with Crippen LogP contribution in [0.25, 0.3) is 0 Å². The van der Waals surface area contributed by atoms with E-state index in [1.807, 2.05) is 20.8 Å². The van der Waals surface area contributed by atoms with Crippen molar-refractivity contribution in [2.75, 3.05) is 19.7 Å². The van der Waals surface area contributed by atoms with Crippen molar-refractivity contribution in [2.45, 2.75) is 45.3 Å². The standard InChI is InChI=1S/C12H22N2O4/c1-12(2,3)18-11(17)14-6-4-9(5-7-14)13-10(16)8-15/h9,15H,4-8H2,1-3H3,(H,13,16). The highest BCUT2D eigenvalue weighted by Crippen LogP contribution is 2.15. The molecule has 2 amide bonds. The molecule has 18 heavy (non-hydrogen) atoms. The average molecular weight is 258 g/mol. The molecule has 0 bridgehead atoms. The number of piperidine rings is 1. The van der Waals surface area contributed by atoms with Crippen molar-refractivity contribution in [1.82, 2.24) is 10.2 Å². The molecule has 0 radical (unpaired) electrons. The second-order valence-corrected chi connectivity index (χ2v) is 5.47. The van der Waals surface area contributed by atoms with Gasteiger partial charge < -0.3 is 20.1 Å². The predicted molar refractivity (Wildman–Crippen MR) is 66.1 cm³/mol. The first-order valence-electron chi connectivity index (χ1n) is 6.20. The Morgan fingerprint density at radius 3 is 2.33 bits per heavy atom. The molecule has 0 spiro atoms. The topological polar surface area (TPSA) is 78.9 Å². The lowest BCUT2D eigenvalue weighted by molar-refractivity contribution is -0.124. The summed E-state index contributed by atoms with van der Waals surface area (Å²) in [6.45, 7) is 6.13. The van der Waals surface area contributed by atoms with Gasteiger partial charge in [0.1, 0.15) is 12.2 Å². The van der Waals surface area contributed by atoms with Gasteiger partial charge in [-0.25, -0.2) is 4.79 Å². The van der Waals surface area contributed by atoms with Crippen molar-refractivity contribution < 1.29 is 19.4 Å². The monoisotopic (exact) mass is 258 g/mol. The summed E-state index contributed by atoms with van der Waals surface area (Å²) in [4.78, 5) is 24.4. The van der Waals surface area contributed by atoms with E-state index >= 15 is 0 Å². The fraction of sp³-hybridized carbons (Fsp3) is 0.833. The molecule has 1 fully saturated rings. The van der Waals surface area contributed by atoms with Crippen LogP contribution in [0.1, 0.15) is 33.6 Å². The molecule has 0 aromatic heterocycles. The van der Waals surface area contributed by atoms with Gasteiger partial charge in [-0.1, -0.05) is 0 Å². The summed E-state index contributed by atoms with van der Waals surface area (Å²) >= 11 is 0. The quantitative estimate of drug-likeness (QED) is 0.755. The molecule has 0 aromatic rings. The molecule has 0 atom stereocenters. The number of carbonyl (C=O) groups excluding carboxylic acids is 2. The average Bonchev–Trinajstić information content (AvgIpc) is 2.27. The molecule has 0 aromatic carbocycles. The largest absolute Gasteiger partial charge is 0.444 e. The molecule has 6 heteroatoms. The number of hydrogen-bond acceptors (Lipinski definition) is 4. The smallest absolute Gasteiger partial charge is 0.410 e. The Morgan fingerprint density at radius 2 is 1.89 bits per heavy atom. The number of nitrogens with one attached hydrogen (secondary N) is 1. The van der Waals surface area contributed by atoms with Gasteiger partial charge in [0.05, 0.1) is 0 Å². The van der Waals surface area contributed by atoms with E-state index in [2.05, 4.69) is 5.32 Å². The van der Waals surface area contributed by atoms with Crippen LogP contribution in [0.4, 0.5) is 4.79 Å². The third-order valence-corrected chi connectivity index (χ3v) is 2.66. The highest BCUT2D eigenvalue weighted by atomic mass is 16.6. The van der Waals surface area contributed by atoms with Crippen LogP contribution in [-0.4, -0.2) is 53.3 Å². The Kier molecular flexibility index (Phi) is 4.95. The van der Waals surface area contributed by atoms with Gasteiger partial charge in [-0.3, -0.25) is 4.79 Å². The second kappa shape index (κ2) is 6.04. The number of aliphatic hydroxyl groups excluding tert-OH is 1. The maximum atomic E-state index is 11.8. The van der Waals surface area contributed by atoms with E-state index in [1.54, 1.807) is 4.90 Å². The van der Waals surface area contributed by atoms with Gasteiger partial charge in [0.25, 0.3) is 0 Å². The van der Waals surface area contributed by atoms with Gasteiger partial charge in [-0.15, -0.1) is 0 Å². The number of hydrogen-bond donors (Lipinski definition) is 2. The van der Waals surface area contributed by atoms with Gasteiger partial charge in [0.2, 0.25) is 5.91 Å². The highest BCUT2D eigenvalue weighted by molar-refractivity contribution is 5.77. The number of rotatable bonds is 2. The molecule has 0 aliphatic carbocycles. The molecule has 1 aliphatic rings. The molecule has 1 rings (SSSR count). The fourth-order valence-corrected chi connectivity index (χ4v) is 1.81. The van der Waals surface area contributed by atoms with Crippen molar-refractivity contribution in [3.63, 3.8) is 0 Å². The number of amides is 2. The van der Waals surface area contributed by atoms with Gasteiger partial charge in [-0.2, -0.15) is 0 Å². The van der Waals surface area contributed by atoms with E-state index in [4.69, 9.17) is 9.84 Å². The van der Waals surface area contributed by atoms with Crippen molar-refractivity contribution in [3.05, 3.63) is 0 Å². The second-order valence-electron chi connectivity index (χ2n) is 5.47. The van der Waals surface area contributed by atoms with E-state index in [9.17, 15) is 9.59 Å². The van der Waals surface area contributed by atoms with Crippen LogP contribution in [0.2, 0.25) is 0 Å². The first-order chi connectivity index (χ1) is 8.31. The minimum absolute atomic E-state index is 0.0309. The lowest BCUT2D eigenvalue weighted by Gasteiger charge is -2.33. The van der Waals surface area contributed by atoms with E-state index in [1.165, 1.54) is 0 Å². The Morgan fingerprint density at radius 1 is 1.33 bits per heavy atom. The first-order valence-corrected chi connectivity index (χ1v) is 6.20. The summed E-state index contributed by atoms with van der Waals surface area (Å²) in [6.07, 6.45) is 1.06. The van der Waals surface area contributed by atoms with Crippen molar-refractivity contribution >= 4 is 12.0 Å². The van der Waals surface area contributed by atoms with Gasteiger partial charge in [-0.05, 0) is 33.6 Å². The number of carbonyl (C=O) groups is 2. The normalized spacial score (nSPS) is 17.4. The van der Waals surface area contributed by atoms with Crippen LogP contribution >= 0.6 is 0 Å². The van der Waals surface area contributed by atoms with Crippen LogP contribution < -0.4 is 5.32 Å². The Bertz CT molecular complexity index is 304. The number of aliphatic hydroxyl groups is 1. The van der Waals surface area contributed by atoms with Crippen LogP contribution in [0, 0.1) is 0 Å². The first kappa shape index (κ1) is 14.8.